The van der Waals surface area contributed by atoms with Gasteiger partial charge in [0.15, 0.2) is 0 Å². The van der Waals surface area contributed by atoms with Gasteiger partial charge in [0, 0.05) is 33.3 Å². The van der Waals surface area contributed by atoms with Crippen molar-refractivity contribution in [3.8, 4) is 44.5 Å². The number of aryl methyl sites for hydroxylation is 6. The standard InChI is InChI=1S/C70H56N2/c1-45-31-33-55(67-47(3)19-17-20-48(67)4)43-65(45)71(61-29-15-13-27-57(61)51-23-9-7-10-24-51)63-41-37-53-36-40-60-64(42-38-54-35-39-59(63)69(53)70(54)60)72(62-30-16-14-28-58(62)52-25-11-8-12-26-52)66-44-56(34-32-46(66)2)68-49(5)21-18-22-50(68)6/h7-44H,1-6H3. The molecule has 12 aromatic rings. The molecule has 0 saturated heterocycles. The molecule has 0 aliphatic carbocycles. The lowest BCUT2D eigenvalue weighted by Crippen LogP contribution is -2.14. The summed E-state index contributed by atoms with van der Waals surface area (Å²) >= 11 is 0. The molecule has 0 bridgehead atoms. The molecule has 0 aliphatic rings. The Morgan fingerprint density at radius 3 is 1.00 bits per heavy atom. The molecule has 0 amide bonds. The first-order valence-corrected chi connectivity index (χ1v) is 25.2. The first-order valence-electron chi connectivity index (χ1n) is 25.2. The molecule has 0 aliphatic heterocycles. The van der Waals surface area contributed by atoms with Crippen molar-refractivity contribution >= 4 is 66.4 Å². The molecule has 0 heterocycles. The molecule has 0 aromatic heterocycles. The molecule has 0 saturated carbocycles. The molecule has 12 rings (SSSR count). The van der Waals surface area contributed by atoms with E-state index in [-0.39, 0.29) is 0 Å². The van der Waals surface area contributed by atoms with Gasteiger partial charge in [0.25, 0.3) is 0 Å². The van der Waals surface area contributed by atoms with Gasteiger partial charge in [-0.15, -0.1) is 0 Å². The van der Waals surface area contributed by atoms with Crippen LogP contribution >= 0.6 is 0 Å². The van der Waals surface area contributed by atoms with E-state index < -0.39 is 0 Å². The molecule has 2 nitrogen and oxygen atoms in total. The third kappa shape index (κ3) is 7.59. The van der Waals surface area contributed by atoms with Gasteiger partial charge in [-0.3, -0.25) is 0 Å². The van der Waals surface area contributed by atoms with Crippen molar-refractivity contribution in [2.24, 2.45) is 0 Å². The molecule has 12 aromatic carbocycles. The summed E-state index contributed by atoms with van der Waals surface area (Å²) in [6.45, 7) is 13.4. The first-order chi connectivity index (χ1) is 35.2. The van der Waals surface area contributed by atoms with Crippen LogP contribution in [0.4, 0.5) is 34.1 Å². The van der Waals surface area contributed by atoms with E-state index in [1.807, 2.05) is 0 Å². The molecule has 0 fully saturated rings. The second-order valence-corrected chi connectivity index (χ2v) is 19.6. The Balaban J connectivity index is 1.14. The van der Waals surface area contributed by atoms with Crippen molar-refractivity contribution in [3.05, 3.63) is 264 Å². The summed E-state index contributed by atoms with van der Waals surface area (Å²) in [5.41, 5.74) is 24.0. The molecule has 0 spiro atoms. The van der Waals surface area contributed by atoms with Crippen molar-refractivity contribution in [2.45, 2.75) is 41.5 Å². The Bertz CT molecular complexity index is 3690. The predicted molar refractivity (Wildman–Crippen MR) is 310 cm³/mol. The van der Waals surface area contributed by atoms with Crippen LogP contribution in [0.25, 0.3) is 76.8 Å². The summed E-state index contributed by atoms with van der Waals surface area (Å²) in [4.78, 5) is 5.07. The van der Waals surface area contributed by atoms with Crippen molar-refractivity contribution < 1.29 is 0 Å². The molecule has 2 heteroatoms. The van der Waals surface area contributed by atoms with E-state index in [0.29, 0.717) is 0 Å². The van der Waals surface area contributed by atoms with E-state index in [0.717, 1.165) is 34.1 Å². The normalized spacial score (nSPS) is 11.5. The van der Waals surface area contributed by atoms with Gasteiger partial charge in [-0.25, -0.2) is 0 Å². The Labute approximate surface area is 424 Å². The summed E-state index contributed by atoms with van der Waals surface area (Å²) in [5.74, 6) is 0. The maximum atomic E-state index is 2.53. The van der Waals surface area contributed by atoms with Crippen LogP contribution in [-0.4, -0.2) is 0 Å². The van der Waals surface area contributed by atoms with Crippen LogP contribution < -0.4 is 9.80 Å². The lowest BCUT2D eigenvalue weighted by molar-refractivity contribution is 1.26. The van der Waals surface area contributed by atoms with Gasteiger partial charge in [-0.1, -0.05) is 194 Å². The average molecular weight is 925 g/mol. The van der Waals surface area contributed by atoms with E-state index in [1.54, 1.807) is 0 Å². The van der Waals surface area contributed by atoms with E-state index in [1.165, 1.54) is 110 Å². The maximum absolute atomic E-state index is 2.53. The smallest absolute Gasteiger partial charge is 0.0541 e. The highest BCUT2D eigenvalue weighted by molar-refractivity contribution is 6.28. The molecule has 346 valence electrons. The van der Waals surface area contributed by atoms with Crippen LogP contribution in [0.3, 0.4) is 0 Å². The fourth-order valence-electron chi connectivity index (χ4n) is 11.6. The second-order valence-electron chi connectivity index (χ2n) is 19.6. The summed E-state index contributed by atoms with van der Waals surface area (Å²) in [7, 11) is 0. The van der Waals surface area contributed by atoms with Crippen LogP contribution in [0.15, 0.2) is 231 Å². The van der Waals surface area contributed by atoms with Gasteiger partial charge in [0.1, 0.15) is 0 Å². The quantitative estimate of drug-likeness (QED) is 0.126. The van der Waals surface area contributed by atoms with E-state index >= 15 is 0 Å². The average Bonchev–Trinajstić information content (AvgIpc) is 3.41. The lowest BCUT2D eigenvalue weighted by Gasteiger charge is -2.32. The Hall–Kier alpha value is -8.72. The molecule has 0 atom stereocenters. The van der Waals surface area contributed by atoms with Gasteiger partial charge < -0.3 is 9.80 Å². The summed E-state index contributed by atoms with van der Waals surface area (Å²) in [5, 5.41) is 7.34. The first kappa shape index (κ1) is 44.5. The Morgan fingerprint density at radius 1 is 0.236 bits per heavy atom. The van der Waals surface area contributed by atoms with Crippen LogP contribution in [0.5, 0.6) is 0 Å². The number of para-hydroxylation sites is 2. The van der Waals surface area contributed by atoms with Crippen LogP contribution in [0.2, 0.25) is 0 Å². The molecular formula is C70H56N2. The fourth-order valence-corrected chi connectivity index (χ4v) is 11.6. The van der Waals surface area contributed by atoms with Gasteiger partial charge in [-0.2, -0.15) is 0 Å². The molecular weight excluding hydrogens is 869 g/mol. The maximum Gasteiger partial charge on any atom is 0.0541 e. The van der Waals surface area contributed by atoms with Crippen molar-refractivity contribution in [3.63, 3.8) is 0 Å². The van der Waals surface area contributed by atoms with Gasteiger partial charge in [-0.05, 0) is 166 Å². The second kappa shape index (κ2) is 18.2. The SMILES string of the molecule is Cc1ccc(-c2c(C)cccc2C)cc1N(c1ccccc1-c1ccccc1)c1ccc2ccc3c(N(c4cc(-c5c(C)cccc5C)ccc4C)c4ccccc4-c4ccccc4)ccc4ccc1c2c43. The number of nitrogens with zero attached hydrogens (tertiary/aromatic N) is 2. The van der Waals surface area contributed by atoms with Crippen molar-refractivity contribution in [2.75, 3.05) is 9.80 Å². The van der Waals surface area contributed by atoms with Crippen molar-refractivity contribution in [1.82, 2.24) is 0 Å². The predicted octanol–water partition coefficient (Wildman–Crippen LogP) is 20.0. The topological polar surface area (TPSA) is 6.48 Å². The van der Waals surface area contributed by atoms with Crippen LogP contribution in [0, 0.1) is 41.5 Å². The number of hydrogen-bond acceptors (Lipinski definition) is 2. The minimum atomic E-state index is 1.13. The minimum absolute atomic E-state index is 1.13. The zero-order valence-corrected chi connectivity index (χ0v) is 41.8. The van der Waals surface area contributed by atoms with Crippen LogP contribution in [-0.2, 0) is 0 Å². The lowest BCUT2D eigenvalue weighted by atomic mass is 9.90. The van der Waals surface area contributed by atoms with E-state index in [4.69, 9.17) is 0 Å². The number of rotatable bonds is 10. The molecule has 0 radical (unpaired) electrons. The Morgan fingerprint density at radius 2 is 0.597 bits per heavy atom. The monoisotopic (exact) mass is 924 g/mol. The largest absolute Gasteiger partial charge is 0.309 e. The number of hydrogen-bond donors (Lipinski definition) is 0. The summed E-state index contributed by atoms with van der Waals surface area (Å²) < 4.78 is 0. The number of benzene rings is 12. The minimum Gasteiger partial charge on any atom is -0.309 e. The van der Waals surface area contributed by atoms with Gasteiger partial charge >= 0.3 is 0 Å². The fraction of sp³-hybridized carbons (Fsp3) is 0.0857. The van der Waals surface area contributed by atoms with Gasteiger partial charge in [0.2, 0.25) is 0 Å². The third-order valence-corrected chi connectivity index (χ3v) is 15.0. The molecule has 0 N–H and O–H groups in total. The van der Waals surface area contributed by atoms with Crippen molar-refractivity contribution in [1.29, 1.82) is 0 Å². The highest BCUT2D eigenvalue weighted by atomic mass is 15.2. The van der Waals surface area contributed by atoms with Gasteiger partial charge in [0.05, 0.1) is 22.7 Å². The zero-order chi connectivity index (χ0) is 49.0. The van der Waals surface area contributed by atoms with E-state index in [9.17, 15) is 0 Å². The van der Waals surface area contributed by atoms with Crippen LogP contribution in [0.1, 0.15) is 33.4 Å². The highest BCUT2D eigenvalue weighted by Gasteiger charge is 2.26. The number of anilines is 6. The highest BCUT2D eigenvalue weighted by Crippen LogP contribution is 2.51. The third-order valence-electron chi connectivity index (χ3n) is 15.0. The molecule has 72 heavy (non-hydrogen) atoms. The zero-order valence-electron chi connectivity index (χ0n) is 41.8. The molecule has 0 unspecified atom stereocenters. The summed E-state index contributed by atoms with van der Waals surface area (Å²) in [6.07, 6.45) is 0. The Kier molecular flexibility index (Phi) is 11.3. The van der Waals surface area contributed by atoms with E-state index in [2.05, 4.69) is 282 Å². The summed E-state index contributed by atoms with van der Waals surface area (Å²) in [6, 6.07) is 85.5.